The lowest BCUT2D eigenvalue weighted by atomic mass is 10.1. The quantitative estimate of drug-likeness (QED) is 0.582. The highest BCUT2D eigenvalue weighted by Gasteiger charge is 2.12. The summed E-state index contributed by atoms with van der Waals surface area (Å²) in [5, 5.41) is 0. The molecule has 0 amide bonds. The average Bonchev–Trinajstić information content (AvgIpc) is 2.99. The smallest absolute Gasteiger partial charge is 0.142 e. The topological polar surface area (TPSA) is 67.6 Å². The minimum Gasteiger partial charge on any atom is -0.383 e. The van der Waals surface area contributed by atoms with Gasteiger partial charge in [0, 0.05) is 11.8 Å². The normalized spacial score (nSPS) is 11.1. The molecule has 0 saturated heterocycles. The van der Waals surface area contributed by atoms with E-state index in [1.165, 1.54) is 24.3 Å². The Labute approximate surface area is 136 Å². The van der Waals surface area contributed by atoms with Gasteiger partial charge in [0.1, 0.15) is 23.3 Å². The summed E-state index contributed by atoms with van der Waals surface area (Å²) in [4.78, 5) is 11.7. The third-order valence-corrected chi connectivity index (χ3v) is 3.80. The summed E-state index contributed by atoms with van der Waals surface area (Å²) < 4.78 is 26.4. The number of nitrogens with zero attached hydrogens (tertiary/aromatic N) is 2. The molecule has 6 heteroatoms. The first-order chi connectivity index (χ1) is 11.6. The number of benzene rings is 2. The van der Waals surface area contributed by atoms with E-state index in [9.17, 15) is 8.78 Å². The summed E-state index contributed by atoms with van der Waals surface area (Å²) in [7, 11) is 0. The van der Waals surface area contributed by atoms with Crippen molar-refractivity contribution in [1.29, 1.82) is 0 Å². The Morgan fingerprint density at radius 1 is 0.875 bits per heavy atom. The van der Waals surface area contributed by atoms with Crippen LogP contribution in [0.15, 0.2) is 54.7 Å². The van der Waals surface area contributed by atoms with Crippen LogP contribution in [0.2, 0.25) is 0 Å². The van der Waals surface area contributed by atoms with Crippen LogP contribution in [0.5, 0.6) is 0 Å². The van der Waals surface area contributed by atoms with Crippen molar-refractivity contribution in [2.45, 2.75) is 0 Å². The van der Waals surface area contributed by atoms with Gasteiger partial charge in [-0.05, 0) is 42.0 Å². The maximum absolute atomic E-state index is 13.3. The lowest BCUT2D eigenvalue weighted by molar-refractivity contribution is 0.628. The number of nitrogens with two attached hydrogens (primary N) is 1. The molecule has 0 radical (unpaired) electrons. The average molecular weight is 322 g/mol. The minimum atomic E-state index is -0.344. The van der Waals surface area contributed by atoms with Crippen LogP contribution in [0, 0.1) is 11.6 Å². The monoisotopic (exact) mass is 322 g/mol. The van der Waals surface area contributed by atoms with Crippen LogP contribution in [0.1, 0.15) is 0 Å². The van der Waals surface area contributed by atoms with E-state index >= 15 is 0 Å². The highest BCUT2D eigenvalue weighted by Crippen LogP contribution is 2.29. The first-order valence-corrected chi connectivity index (χ1v) is 7.27. The van der Waals surface area contributed by atoms with Gasteiger partial charge in [-0.25, -0.2) is 18.7 Å². The van der Waals surface area contributed by atoms with E-state index < -0.39 is 0 Å². The first-order valence-electron chi connectivity index (χ1n) is 7.27. The second kappa shape index (κ2) is 5.42. The number of halogens is 2. The fraction of sp³-hybridized carbons (Fsp3) is 0. The Hall–Kier alpha value is -3.28. The van der Waals surface area contributed by atoms with Gasteiger partial charge in [0.15, 0.2) is 0 Å². The summed E-state index contributed by atoms with van der Waals surface area (Å²) in [6, 6.07) is 12.2. The fourth-order valence-corrected chi connectivity index (χ4v) is 2.57. The molecule has 3 N–H and O–H groups in total. The molecule has 2 heterocycles. The van der Waals surface area contributed by atoms with Gasteiger partial charge in [0.25, 0.3) is 0 Å². The molecular weight excluding hydrogens is 310 g/mol. The number of aromatic nitrogens is 3. The maximum Gasteiger partial charge on any atom is 0.142 e. The van der Waals surface area contributed by atoms with Gasteiger partial charge in [-0.1, -0.05) is 12.1 Å². The molecular formula is C18H12F2N4. The minimum absolute atomic E-state index is 0.304. The number of hydrogen-bond donors (Lipinski definition) is 2. The molecule has 4 aromatic rings. The third kappa shape index (κ3) is 2.48. The third-order valence-electron chi connectivity index (χ3n) is 3.80. The van der Waals surface area contributed by atoms with Gasteiger partial charge in [-0.2, -0.15) is 0 Å². The highest BCUT2D eigenvalue weighted by molar-refractivity contribution is 5.83. The Morgan fingerprint density at radius 2 is 1.62 bits per heavy atom. The molecule has 4 rings (SSSR count). The van der Waals surface area contributed by atoms with Crippen molar-refractivity contribution in [2.24, 2.45) is 0 Å². The van der Waals surface area contributed by atoms with Gasteiger partial charge in [0.2, 0.25) is 0 Å². The summed E-state index contributed by atoms with van der Waals surface area (Å²) in [5.74, 6) is 0.162. The molecule has 4 nitrogen and oxygen atoms in total. The molecule has 0 fully saturated rings. The predicted molar refractivity (Wildman–Crippen MR) is 89.1 cm³/mol. The molecule has 24 heavy (non-hydrogen) atoms. The Balaban J connectivity index is 1.84. The fourth-order valence-electron chi connectivity index (χ4n) is 2.57. The predicted octanol–water partition coefficient (Wildman–Crippen LogP) is 4.15. The maximum atomic E-state index is 13.3. The molecule has 0 aliphatic heterocycles. The molecule has 0 bridgehead atoms. The Kier molecular flexibility index (Phi) is 3.23. The van der Waals surface area contributed by atoms with Crippen LogP contribution in [0.4, 0.5) is 14.6 Å². The molecule has 0 saturated carbocycles. The summed E-state index contributed by atoms with van der Waals surface area (Å²) in [5.41, 5.74) is 9.39. The van der Waals surface area contributed by atoms with Crippen LogP contribution >= 0.6 is 0 Å². The second-order valence-corrected chi connectivity index (χ2v) is 5.41. The van der Waals surface area contributed by atoms with Crippen LogP contribution in [-0.2, 0) is 0 Å². The van der Waals surface area contributed by atoms with Gasteiger partial charge < -0.3 is 10.7 Å². The van der Waals surface area contributed by atoms with Gasteiger partial charge in [0.05, 0.1) is 16.6 Å². The van der Waals surface area contributed by atoms with E-state index in [4.69, 9.17) is 5.73 Å². The molecule has 2 aromatic heterocycles. The van der Waals surface area contributed by atoms with Crippen molar-refractivity contribution in [3.8, 4) is 22.5 Å². The zero-order chi connectivity index (χ0) is 16.7. The van der Waals surface area contributed by atoms with Gasteiger partial charge >= 0.3 is 0 Å². The number of aromatic amines is 1. The van der Waals surface area contributed by atoms with Gasteiger partial charge in [-0.3, -0.25) is 0 Å². The van der Waals surface area contributed by atoms with Crippen molar-refractivity contribution < 1.29 is 8.78 Å². The highest BCUT2D eigenvalue weighted by atomic mass is 19.1. The lowest BCUT2D eigenvalue weighted by Crippen LogP contribution is -1.96. The van der Waals surface area contributed by atoms with Crippen molar-refractivity contribution >= 4 is 16.9 Å². The van der Waals surface area contributed by atoms with E-state index in [2.05, 4.69) is 15.0 Å². The van der Waals surface area contributed by atoms with E-state index in [0.29, 0.717) is 28.2 Å². The van der Waals surface area contributed by atoms with Crippen LogP contribution in [0.25, 0.3) is 33.5 Å². The van der Waals surface area contributed by atoms with Crippen LogP contribution in [0.3, 0.4) is 0 Å². The standard InChI is InChI=1S/C18H12F2N4/c19-12-3-1-10(2-4-12)11-7-14(17(21)22-9-11)18-23-15-6-5-13(20)8-16(15)24-18/h1-9H,(H2,21,22)(H,23,24). The SMILES string of the molecule is Nc1ncc(-c2ccc(F)cc2)cc1-c1nc2ccc(F)cc2[nH]1. The molecule has 0 unspecified atom stereocenters. The number of rotatable bonds is 2. The summed E-state index contributed by atoms with van der Waals surface area (Å²) in [6.45, 7) is 0. The van der Waals surface area contributed by atoms with E-state index in [1.807, 2.05) is 6.07 Å². The number of nitrogen functional groups attached to an aromatic ring is 1. The first kappa shape index (κ1) is 14.3. The number of anilines is 1. The van der Waals surface area contributed by atoms with Crippen molar-refractivity contribution in [3.05, 3.63) is 66.4 Å². The van der Waals surface area contributed by atoms with Crippen LogP contribution < -0.4 is 5.73 Å². The molecule has 0 spiro atoms. The summed E-state index contributed by atoms with van der Waals surface area (Å²) >= 11 is 0. The van der Waals surface area contributed by atoms with Crippen LogP contribution in [-0.4, -0.2) is 15.0 Å². The van der Waals surface area contributed by atoms with E-state index in [-0.39, 0.29) is 11.6 Å². The van der Waals surface area contributed by atoms with E-state index in [0.717, 1.165) is 11.1 Å². The second-order valence-electron chi connectivity index (χ2n) is 5.41. The molecule has 2 aromatic carbocycles. The summed E-state index contributed by atoms with van der Waals surface area (Å²) in [6.07, 6.45) is 1.62. The molecule has 0 atom stereocenters. The number of imidazole rings is 1. The number of pyridine rings is 1. The van der Waals surface area contributed by atoms with Crippen molar-refractivity contribution in [2.75, 3.05) is 5.73 Å². The van der Waals surface area contributed by atoms with Crippen molar-refractivity contribution in [3.63, 3.8) is 0 Å². The number of hydrogen-bond acceptors (Lipinski definition) is 3. The van der Waals surface area contributed by atoms with E-state index in [1.54, 1.807) is 24.4 Å². The number of fused-ring (bicyclic) bond motifs is 1. The molecule has 118 valence electrons. The number of nitrogens with one attached hydrogen (secondary N) is 1. The largest absolute Gasteiger partial charge is 0.383 e. The number of H-pyrrole nitrogens is 1. The zero-order valence-electron chi connectivity index (χ0n) is 12.4. The molecule has 0 aliphatic carbocycles. The lowest BCUT2D eigenvalue weighted by Gasteiger charge is -2.06. The Bertz CT molecular complexity index is 1040. The zero-order valence-corrected chi connectivity index (χ0v) is 12.4. The van der Waals surface area contributed by atoms with Gasteiger partial charge in [-0.15, -0.1) is 0 Å². The molecule has 0 aliphatic rings. The Morgan fingerprint density at radius 3 is 2.42 bits per heavy atom. The van der Waals surface area contributed by atoms with Crippen molar-refractivity contribution in [1.82, 2.24) is 15.0 Å².